The van der Waals surface area contributed by atoms with Gasteiger partial charge in [0.25, 0.3) is 5.91 Å². The highest BCUT2D eigenvalue weighted by molar-refractivity contribution is 6.06. The number of hydrogen-bond acceptors (Lipinski definition) is 6. The molecule has 2 N–H and O–H groups in total. The highest BCUT2D eigenvalue weighted by Crippen LogP contribution is 2.37. The van der Waals surface area contributed by atoms with Crippen molar-refractivity contribution in [2.75, 3.05) is 23.8 Å². The van der Waals surface area contributed by atoms with Crippen LogP contribution in [-0.4, -0.2) is 40.0 Å². The van der Waals surface area contributed by atoms with Gasteiger partial charge in [-0.2, -0.15) is 0 Å². The Morgan fingerprint density at radius 3 is 2.25 bits per heavy atom. The van der Waals surface area contributed by atoms with E-state index in [1.165, 1.54) is 18.2 Å². The van der Waals surface area contributed by atoms with E-state index in [2.05, 4.69) is 20.9 Å². The van der Waals surface area contributed by atoms with Crippen LogP contribution in [0.1, 0.15) is 30.6 Å². The maximum atomic E-state index is 14.1. The number of anilines is 2. The number of carbonyl (C=O) groups excluding carboxylic acids is 2. The molecule has 0 spiro atoms. The smallest absolute Gasteiger partial charge is 0.258 e. The predicted molar refractivity (Wildman–Crippen MR) is 134 cm³/mol. The Labute approximate surface area is 207 Å². The van der Waals surface area contributed by atoms with Crippen molar-refractivity contribution in [1.29, 1.82) is 0 Å². The lowest BCUT2D eigenvalue weighted by atomic mass is 10.1. The maximum absolute atomic E-state index is 14.1. The van der Waals surface area contributed by atoms with Crippen molar-refractivity contribution in [3.05, 3.63) is 72.0 Å². The molecule has 4 aromatic rings. The van der Waals surface area contributed by atoms with Gasteiger partial charge in [0, 0.05) is 18.6 Å². The summed E-state index contributed by atoms with van der Waals surface area (Å²) >= 11 is 0. The highest BCUT2D eigenvalue weighted by Gasteiger charge is 2.18. The molecule has 3 aromatic carbocycles. The van der Waals surface area contributed by atoms with E-state index in [9.17, 15) is 14.0 Å². The molecule has 36 heavy (non-hydrogen) atoms. The average molecular weight is 492 g/mol. The molecule has 1 aromatic heterocycles. The molecule has 0 bridgehead atoms. The van der Waals surface area contributed by atoms with E-state index >= 15 is 0 Å². The van der Waals surface area contributed by atoms with Gasteiger partial charge < -0.3 is 20.1 Å². The molecule has 0 saturated heterocycles. The zero-order valence-corrected chi connectivity index (χ0v) is 20.0. The number of amides is 2. The zero-order valence-electron chi connectivity index (χ0n) is 20.0. The summed E-state index contributed by atoms with van der Waals surface area (Å²) in [7, 11) is 0. The summed E-state index contributed by atoms with van der Waals surface area (Å²) in [6.45, 7) is 4.56. The molecule has 186 valence electrons. The molecule has 0 aliphatic carbocycles. The number of nitrogens with zero attached hydrogens (tertiary/aromatic N) is 3. The number of ether oxygens (including phenoxy) is 2. The van der Waals surface area contributed by atoms with E-state index in [0.717, 1.165) is 11.0 Å². The predicted octanol–water partition coefficient (Wildman–Crippen LogP) is 4.65. The first-order chi connectivity index (χ1) is 17.5. The lowest BCUT2D eigenvalue weighted by molar-refractivity contribution is -0.116. The Morgan fingerprint density at radius 2 is 1.56 bits per heavy atom. The van der Waals surface area contributed by atoms with Gasteiger partial charge in [-0.05, 0) is 38.1 Å². The third-order valence-corrected chi connectivity index (χ3v) is 5.29. The van der Waals surface area contributed by atoms with Gasteiger partial charge in [-0.15, -0.1) is 5.10 Å². The molecule has 4 rings (SSSR count). The standard InChI is InChI=1S/C26H26FN5O4/c1-3-35-23-16-21(29-26(34)17-9-5-6-10-18(17)27)24(36-4-2)15-20(23)28-25(33)13-14-32-22-12-8-7-11-19(22)30-31-32/h5-12,15-16H,3-4,13-14H2,1-2H3,(H,28,33)(H,29,34). The van der Waals surface area contributed by atoms with Crippen LogP contribution in [0.2, 0.25) is 0 Å². The van der Waals surface area contributed by atoms with Crippen LogP contribution in [0.4, 0.5) is 15.8 Å². The highest BCUT2D eigenvalue weighted by atomic mass is 19.1. The number of benzene rings is 3. The zero-order chi connectivity index (χ0) is 25.5. The van der Waals surface area contributed by atoms with Gasteiger partial charge in [-0.3, -0.25) is 9.59 Å². The van der Waals surface area contributed by atoms with Crippen LogP contribution in [0.3, 0.4) is 0 Å². The van der Waals surface area contributed by atoms with Gasteiger partial charge >= 0.3 is 0 Å². The number of rotatable bonds is 10. The van der Waals surface area contributed by atoms with Crippen LogP contribution in [0.5, 0.6) is 11.5 Å². The van der Waals surface area contributed by atoms with Crippen LogP contribution >= 0.6 is 0 Å². The quantitative estimate of drug-likeness (QED) is 0.334. The van der Waals surface area contributed by atoms with E-state index in [1.54, 1.807) is 36.7 Å². The molecule has 0 fully saturated rings. The summed E-state index contributed by atoms with van der Waals surface area (Å²) in [5, 5.41) is 13.7. The van der Waals surface area contributed by atoms with Crippen LogP contribution in [0.15, 0.2) is 60.7 Å². The van der Waals surface area contributed by atoms with E-state index in [-0.39, 0.29) is 17.9 Å². The van der Waals surface area contributed by atoms with Crippen LogP contribution in [-0.2, 0) is 11.3 Å². The minimum absolute atomic E-state index is 0.101. The van der Waals surface area contributed by atoms with Gasteiger partial charge in [-0.25, -0.2) is 9.07 Å². The second-order valence-electron chi connectivity index (χ2n) is 7.74. The van der Waals surface area contributed by atoms with Crippen molar-refractivity contribution in [3.63, 3.8) is 0 Å². The molecule has 0 unspecified atom stereocenters. The SMILES string of the molecule is CCOc1cc(NC(=O)c2ccccc2F)c(OCC)cc1NC(=O)CCn1nnc2ccccc21. The molecule has 0 saturated carbocycles. The Hall–Kier alpha value is -4.47. The largest absolute Gasteiger partial charge is 0.492 e. The van der Waals surface area contributed by atoms with Gasteiger partial charge in [0.15, 0.2) is 0 Å². The van der Waals surface area contributed by atoms with Crippen LogP contribution in [0, 0.1) is 5.82 Å². The maximum Gasteiger partial charge on any atom is 0.258 e. The molecule has 2 amide bonds. The van der Waals surface area contributed by atoms with E-state index in [0.29, 0.717) is 42.6 Å². The summed E-state index contributed by atoms with van der Waals surface area (Å²) in [5.41, 5.74) is 2.18. The minimum Gasteiger partial charge on any atom is -0.492 e. The van der Waals surface area contributed by atoms with Gasteiger partial charge in [0.2, 0.25) is 5.91 Å². The first kappa shape index (κ1) is 24.6. The third kappa shape index (κ3) is 5.60. The number of fused-ring (bicyclic) bond motifs is 1. The average Bonchev–Trinajstić information content (AvgIpc) is 3.29. The molecule has 10 heteroatoms. The van der Waals surface area contributed by atoms with Crippen LogP contribution < -0.4 is 20.1 Å². The fourth-order valence-corrected chi connectivity index (χ4v) is 3.64. The molecule has 0 radical (unpaired) electrons. The molecule has 0 aliphatic rings. The summed E-state index contributed by atoms with van der Waals surface area (Å²) < 4.78 is 27.2. The fraction of sp³-hybridized carbons (Fsp3) is 0.231. The van der Waals surface area contributed by atoms with Gasteiger partial charge in [0.05, 0.1) is 42.2 Å². The normalized spacial score (nSPS) is 10.8. The van der Waals surface area contributed by atoms with E-state index in [4.69, 9.17) is 9.47 Å². The van der Waals surface area contributed by atoms with Crippen molar-refractivity contribution in [1.82, 2.24) is 15.0 Å². The fourth-order valence-electron chi connectivity index (χ4n) is 3.64. The summed E-state index contributed by atoms with van der Waals surface area (Å²) in [6.07, 6.45) is 0.147. The van der Waals surface area contributed by atoms with Crippen molar-refractivity contribution in [3.8, 4) is 11.5 Å². The monoisotopic (exact) mass is 491 g/mol. The number of hydrogen-bond donors (Lipinski definition) is 2. The lowest BCUT2D eigenvalue weighted by Gasteiger charge is -2.18. The second-order valence-corrected chi connectivity index (χ2v) is 7.74. The number of carbonyl (C=O) groups is 2. The topological polar surface area (TPSA) is 107 Å². The van der Waals surface area contributed by atoms with Crippen molar-refractivity contribution >= 4 is 34.2 Å². The molecule has 0 atom stereocenters. The first-order valence-electron chi connectivity index (χ1n) is 11.6. The Morgan fingerprint density at radius 1 is 0.917 bits per heavy atom. The summed E-state index contributed by atoms with van der Waals surface area (Å²) in [4.78, 5) is 25.5. The van der Waals surface area contributed by atoms with E-state index < -0.39 is 11.7 Å². The lowest BCUT2D eigenvalue weighted by Crippen LogP contribution is -2.17. The molecule has 0 aliphatic heterocycles. The molecule has 9 nitrogen and oxygen atoms in total. The number of aryl methyl sites for hydroxylation is 1. The van der Waals surface area contributed by atoms with Crippen molar-refractivity contribution < 1.29 is 23.5 Å². The van der Waals surface area contributed by atoms with Crippen LogP contribution in [0.25, 0.3) is 11.0 Å². The Kier molecular flexibility index (Phi) is 7.74. The second kappa shape index (κ2) is 11.3. The summed E-state index contributed by atoms with van der Waals surface area (Å²) in [6, 6.07) is 16.3. The Bertz CT molecular complexity index is 1390. The first-order valence-corrected chi connectivity index (χ1v) is 11.6. The van der Waals surface area contributed by atoms with Gasteiger partial charge in [-0.1, -0.05) is 29.5 Å². The minimum atomic E-state index is -0.637. The third-order valence-electron chi connectivity index (χ3n) is 5.29. The van der Waals surface area contributed by atoms with E-state index in [1.807, 2.05) is 24.3 Å². The number of nitrogens with one attached hydrogen (secondary N) is 2. The number of aromatic nitrogens is 3. The number of halogens is 1. The van der Waals surface area contributed by atoms with Gasteiger partial charge in [0.1, 0.15) is 22.8 Å². The molecular formula is C26H26FN5O4. The number of para-hydroxylation sites is 1. The van der Waals surface area contributed by atoms with Crippen molar-refractivity contribution in [2.24, 2.45) is 0 Å². The van der Waals surface area contributed by atoms with Crippen molar-refractivity contribution in [2.45, 2.75) is 26.8 Å². The molecule has 1 heterocycles. The Balaban J connectivity index is 1.53. The summed E-state index contributed by atoms with van der Waals surface area (Å²) in [5.74, 6) is -0.885. The molecular weight excluding hydrogens is 465 g/mol.